The Morgan fingerprint density at radius 1 is 1.15 bits per heavy atom. The summed E-state index contributed by atoms with van der Waals surface area (Å²) in [5, 5.41) is 11.9. The third-order valence-corrected chi connectivity index (χ3v) is 4.44. The Kier molecular flexibility index (Phi) is 5.23. The van der Waals surface area contributed by atoms with Gasteiger partial charge in [0.1, 0.15) is 0 Å². The van der Waals surface area contributed by atoms with Crippen molar-refractivity contribution in [3.63, 3.8) is 0 Å². The standard InChI is InChI=1S/C14H25N3O3/c1-11-4-2-3-5-12(11)15-14(20)17-8-6-16(7-9-17)10-13(18)19/h11-12H,2-10H2,1H3,(H,15,20)(H,18,19). The normalized spacial score (nSPS) is 28.1. The van der Waals surface area contributed by atoms with E-state index in [1.807, 2.05) is 4.90 Å². The molecule has 6 heteroatoms. The van der Waals surface area contributed by atoms with E-state index in [1.165, 1.54) is 19.3 Å². The van der Waals surface area contributed by atoms with Crippen LogP contribution >= 0.6 is 0 Å². The molecule has 0 spiro atoms. The van der Waals surface area contributed by atoms with Crippen LogP contribution in [0.5, 0.6) is 0 Å². The third-order valence-electron chi connectivity index (χ3n) is 4.44. The average Bonchev–Trinajstić information content (AvgIpc) is 2.41. The summed E-state index contributed by atoms with van der Waals surface area (Å²) in [5.41, 5.74) is 0. The van der Waals surface area contributed by atoms with Gasteiger partial charge in [0.15, 0.2) is 0 Å². The molecule has 114 valence electrons. The Hall–Kier alpha value is -1.30. The van der Waals surface area contributed by atoms with Gasteiger partial charge in [-0.25, -0.2) is 4.79 Å². The SMILES string of the molecule is CC1CCCCC1NC(=O)N1CCN(CC(=O)O)CC1. The molecule has 2 N–H and O–H groups in total. The van der Waals surface area contributed by atoms with Gasteiger partial charge in [-0.3, -0.25) is 9.69 Å². The third kappa shape index (κ3) is 4.10. The molecule has 0 aromatic heterocycles. The molecule has 2 amide bonds. The van der Waals surface area contributed by atoms with Crippen molar-refractivity contribution in [3.8, 4) is 0 Å². The predicted octanol–water partition coefficient (Wildman–Crippen LogP) is 0.977. The number of nitrogens with zero attached hydrogens (tertiary/aromatic N) is 2. The van der Waals surface area contributed by atoms with E-state index in [1.54, 1.807) is 4.90 Å². The van der Waals surface area contributed by atoms with Crippen LogP contribution in [0.1, 0.15) is 32.6 Å². The molecule has 2 atom stereocenters. The van der Waals surface area contributed by atoms with Crippen molar-refractivity contribution < 1.29 is 14.7 Å². The molecular formula is C14H25N3O3. The van der Waals surface area contributed by atoms with Crippen molar-refractivity contribution in [3.05, 3.63) is 0 Å². The molecule has 0 aromatic rings. The van der Waals surface area contributed by atoms with Crippen molar-refractivity contribution in [1.29, 1.82) is 0 Å². The minimum atomic E-state index is -0.807. The van der Waals surface area contributed by atoms with E-state index < -0.39 is 5.97 Å². The molecule has 6 nitrogen and oxygen atoms in total. The lowest BCUT2D eigenvalue weighted by Crippen LogP contribution is -2.55. The van der Waals surface area contributed by atoms with Crippen molar-refractivity contribution in [2.45, 2.75) is 38.6 Å². The highest BCUT2D eigenvalue weighted by atomic mass is 16.4. The molecule has 2 aliphatic rings. The zero-order valence-electron chi connectivity index (χ0n) is 12.2. The van der Waals surface area contributed by atoms with E-state index in [0.29, 0.717) is 38.1 Å². The molecule has 1 saturated heterocycles. The monoisotopic (exact) mass is 283 g/mol. The minimum Gasteiger partial charge on any atom is -0.480 e. The zero-order valence-corrected chi connectivity index (χ0v) is 12.2. The first-order valence-electron chi connectivity index (χ1n) is 7.56. The smallest absolute Gasteiger partial charge is 0.317 e. The van der Waals surface area contributed by atoms with Crippen LogP contribution in [-0.4, -0.2) is 65.7 Å². The van der Waals surface area contributed by atoms with E-state index in [4.69, 9.17) is 5.11 Å². The van der Waals surface area contributed by atoms with Crippen LogP contribution in [0.15, 0.2) is 0 Å². The number of carbonyl (C=O) groups excluding carboxylic acids is 1. The van der Waals surface area contributed by atoms with Gasteiger partial charge in [0.05, 0.1) is 6.54 Å². The van der Waals surface area contributed by atoms with E-state index in [0.717, 1.165) is 6.42 Å². The number of rotatable bonds is 3. The Bertz CT molecular complexity index is 354. The van der Waals surface area contributed by atoms with E-state index in [-0.39, 0.29) is 12.6 Å². The summed E-state index contributed by atoms with van der Waals surface area (Å²) in [6.45, 7) is 4.77. The largest absolute Gasteiger partial charge is 0.480 e. The van der Waals surface area contributed by atoms with Crippen LogP contribution in [0.2, 0.25) is 0 Å². The number of amides is 2. The number of carbonyl (C=O) groups is 2. The lowest BCUT2D eigenvalue weighted by atomic mass is 9.86. The van der Waals surface area contributed by atoms with Gasteiger partial charge < -0.3 is 15.3 Å². The summed E-state index contributed by atoms with van der Waals surface area (Å²) in [4.78, 5) is 26.5. The maximum Gasteiger partial charge on any atom is 0.317 e. The zero-order chi connectivity index (χ0) is 14.5. The molecule has 0 radical (unpaired) electrons. The molecule has 0 bridgehead atoms. The van der Waals surface area contributed by atoms with Gasteiger partial charge >= 0.3 is 12.0 Å². The van der Waals surface area contributed by atoms with Crippen LogP contribution in [0.25, 0.3) is 0 Å². The van der Waals surface area contributed by atoms with E-state index in [2.05, 4.69) is 12.2 Å². The van der Waals surface area contributed by atoms with Crippen LogP contribution < -0.4 is 5.32 Å². The summed E-state index contributed by atoms with van der Waals surface area (Å²) >= 11 is 0. The molecule has 1 saturated carbocycles. The predicted molar refractivity (Wildman–Crippen MR) is 75.6 cm³/mol. The van der Waals surface area contributed by atoms with Crippen LogP contribution in [0, 0.1) is 5.92 Å². The van der Waals surface area contributed by atoms with Crippen molar-refractivity contribution in [2.75, 3.05) is 32.7 Å². The number of piperazine rings is 1. The second-order valence-corrected chi connectivity index (χ2v) is 5.97. The summed E-state index contributed by atoms with van der Waals surface area (Å²) in [5.74, 6) is -0.250. The van der Waals surface area contributed by atoms with E-state index >= 15 is 0 Å². The minimum absolute atomic E-state index is 0.0127. The molecule has 20 heavy (non-hydrogen) atoms. The Morgan fingerprint density at radius 3 is 2.40 bits per heavy atom. The number of carboxylic acid groups (broad SMARTS) is 1. The highest BCUT2D eigenvalue weighted by molar-refractivity contribution is 5.74. The Morgan fingerprint density at radius 2 is 1.80 bits per heavy atom. The summed E-state index contributed by atoms with van der Waals surface area (Å²) in [6.07, 6.45) is 4.73. The number of carboxylic acids is 1. The van der Waals surface area contributed by atoms with Crippen LogP contribution in [-0.2, 0) is 4.79 Å². The van der Waals surface area contributed by atoms with Crippen LogP contribution in [0.4, 0.5) is 4.79 Å². The Balaban J connectivity index is 1.75. The van der Waals surface area contributed by atoms with Gasteiger partial charge in [-0.15, -0.1) is 0 Å². The highest BCUT2D eigenvalue weighted by Gasteiger charge is 2.27. The topological polar surface area (TPSA) is 72.9 Å². The lowest BCUT2D eigenvalue weighted by Gasteiger charge is -2.36. The average molecular weight is 283 g/mol. The van der Waals surface area contributed by atoms with Gasteiger partial charge in [0, 0.05) is 32.2 Å². The van der Waals surface area contributed by atoms with Gasteiger partial charge in [-0.2, -0.15) is 0 Å². The number of urea groups is 1. The molecular weight excluding hydrogens is 258 g/mol. The maximum absolute atomic E-state index is 12.2. The van der Waals surface area contributed by atoms with E-state index in [9.17, 15) is 9.59 Å². The van der Waals surface area contributed by atoms with Gasteiger partial charge in [0.2, 0.25) is 0 Å². The van der Waals surface area contributed by atoms with Crippen molar-refractivity contribution in [1.82, 2.24) is 15.1 Å². The summed E-state index contributed by atoms with van der Waals surface area (Å²) in [7, 11) is 0. The number of aliphatic carboxylic acids is 1. The second-order valence-electron chi connectivity index (χ2n) is 5.97. The Labute approximate surface area is 120 Å². The first-order valence-corrected chi connectivity index (χ1v) is 7.56. The number of nitrogens with one attached hydrogen (secondary N) is 1. The first-order chi connectivity index (χ1) is 9.56. The van der Waals surface area contributed by atoms with Gasteiger partial charge in [0.25, 0.3) is 0 Å². The molecule has 1 aliphatic heterocycles. The number of hydrogen-bond donors (Lipinski definition) is 2. The molecule has 2 rings (SSSR count). The molecule has 0 aromatic carbocycles. The molecule has 1 heterocycles. The summed E-state index contributed by atoms with van der Waals surface area (Å²) < 4.78 is 0. The fourth-order valence-corrected chi connectivity index (χ4v) is 3.08. The number of hydrogen-bond acceptors (Lipinski definition) is 3. The fraction of sp³-hybridized carbons (Fsp3) is 0.857. The van der Waals surface area contributed by atoms with Gasteiger partial charge in [-0.05, 0) is 18.8 Å². The first kappa shape index (κ1) is 15.1. The summed E-state index contributed by atoms with van der Waals surface area (Å²) in [6, 6.07) is 0.312. The molecule has 2 unspecified atom stereocenters. The maximum atomic E-state index is 12.2. The molecule has 2 fully saturated rings. The molecule has 1 aliphatic carbocycles. The second kappa shape index (κ2) is 6.92. The fourth-order valence-electron chi connectivity index (χ4n) is 3.08. The van der Waals surface area contributed by atoms with Crippen molar-refractivity contribution in [2.24, 2.45) is 5.92 Å². The van der Waals surface area contributed by atoms with Crippen molar-refractivity contribution >= 4 is 12.0 Å². The highest BCUT2D eigenvalue weighted by Crippen LogP contribution is 2.23. The van der Waals surface area contributed by atoms with Gasteiger partial charge in [-0.1, -0.05) is 19.8 Å². The lowest BCUT2D eigenvalue weighted by molar-refractivity contribution is -0.138. The quantitative estimate of drug-likeness (QED) is 0.810. The van der Waals surface area contributed by atoms with Crippen LogP contribution in [0.3, 0.4) is 0 Å².